The molecule has 1 amide bonds. The van der Waals surface area contributed by atoms with E-state index in [9.17, 15) is 9.59 Å². The van der Waals surface area contributed by atoms with Crippen molar-refractivity contribution in [3.8, 4) is 0 Å². The number of aromatic amines is 1. The number of hydrogen-bond acceptors (Lipinski definition) is 3. The number of amides is 1. The summed E-state index contributed by atoms with van der Waals surface area (Å²) in [5.74, 6) is -0.0140. The van der Waals surface area contributed by atoms with Crippen molar-refractivity contribution in [3.63, 3.8) is 0 Å². The van der Waals surface area contributed by atoms with Crippen LogP contribution in [0.25, 0.3) is 0 Å². The van der Waals surface area contributed by atoms with E-state index in [-0.39, 0.29) is 23.9 Å². The molecule has 6 heteroatoms. The quantitative estimate of drug-likeness (QED) is 0.824. The van der Waals surface area contributed by atoms with Gasteiger partial charge in [0, 0.05) is 30.9 Å². The third-order valence-corrected chi connectivity index (χ3v) is 4.80. The molecule has 21 heavy (non-hydrogen) atoms. The Labute approximate surface area is 130 Å². The second kappa shape index (κ2) is 6.62. The number of likely N-dealkylation sites (tertiary alicyclic amines) is 1. The van der Waals surface area contributed by atoms with Crippen LogP contribution in [0.4, 0.5) is 0 Å². The maximum absolute atomic E-state index is 12.4. The molecule has 0 aromatic carbocycles. The van der Waals surface area contributed by atoms with Crippen LogP contribution in [0.2, 0.25) is 0 Å². The van der Waals surface area contributed by atoms with Crippen molar-refractivity contribution in [2.24, 2.45) is 5.41 Å². The molecule has 1 aromatic rings. The smallest absolute Gasteiger partial charge is 0.254 e. The number of aromatic nitrogens is 1. The molecule has 2 fully saturated rings. The molecule has 0 aliphatic carbocycles. The summed E-state index contributed by atoms with van der Waals surface area (Å²) in [6.45, 7) is 3.82. The average molecular weight is 312 g/mol. The van der Waals surface area contributed by atoms with Crippen LogP contribution in [0, 0.1) is 5.41 Å². The van der Waals surface area contributed by atoms with Gasteiger partial charge in [0.1, 0.15) is 0 Å². The van der Waals surface area contributed by atoms with Gasteiger partial charge in [0.2, 0.25) is 5.56 Å². The predicted molar refractivity (Wildman–Crippen MR) is 84.0 cm³/mol. The van der Waals surface area contributed by atoms with Gasteiger partial charge in [-0.25, -0.2) is 0 Å². The highest BCUT2D eigenvalue weighted by Crippen LogP contribution is 2.39. The summed E-state index contributed by atoms with van der Waals surface area (Å²) in [6, 6.07) is 3.07. The summed E-state index contributed by atoms with van der Waals surface area (Å²) in [6.07, 6.45) is 6.15. The van der Waals surface area contributed by atoms with Crippen LogP contribution in [0.3, 0.4) is 0 Å². The Kier molecular flexibility index (Phi) is 5.06. The molecule has 0 saturated carbocycles. The summed E-state index contributed by atoms with van der Waals surface area (Å²) >= 11 is 0. The molecular formula is C15H22ClN3O2. The Morgan fingerprint density at radius 1 is 1.14 bits per heavy atom. The molecule has 0 bridgehead atoms. The number of nitrogens with one attached hydrogen (secondary N) is 2. The third kappa shape index (κ3) is 3.47. The molecule has 1 spiro atoms. The molecule has 2 aliphatic rings. The van der Waals surface area contributed by atoms with Gasteiger partial charge in [0.15, 0.2) is 0 Å². The molecule has 0 unspecified atom stereocenters. The molecule has 3 heterocycles. The predicted octanol–water partition coefficient (Wildman–Crippen LogP) is 1.40. The fourth-order valence-corrected chi connectivity index (χ4v) is 3.40. The minimum Gasteiger partial charge on any atom is -0.339 e. The Bertz CT molecular complexity index is 542. The van der Waals surface area contributed by atoms with Crippen LogP contribution >= 0.6 is 12.4 Å². The van der Waals surface area contributed by atoms with Gasteiger partial charge in [0.05, 0.1) is 0 Å². The van der Waals surface area contributed by atoms with E-state index < -0.39 is 0 Å². The van der Waals surface area contributed by atoms with E-state index in [2.05, 4.69) is 10.3 Å². The van der Waals surface area contributed by atoms with E-state index in [1.807, 2.05) is 4.90 Å². The number of rotatable bonds is 1. The molecule has 2 aliphatic heterocycles. The van der Waals surface area contributed by atoms with E-state index in [0.29, 0.717) is 11.0 Å². The molecule has 3 rings (SSSR count). The summed E-state index contributed by atoms with van der Waals surface area (Å²) in [7, 11) is 0. The lowest BCUT2D eigenvalue weighted by Gasteiger charge is -2.44. The minimum atomic E-state index is -0.220. The molecule has 0 radical (unpaired) electrons. The van der Waals surface area contributed by atoms with E-state index >= 15 is 0 Å². The van der Waals surface area contributed by atoms with Crippen molar-refractivity contribution < 1.29 is 4.79 Å². The maximum atomic E-state index is 12.4. The van der Waals surface area contributed by atoms with Crippen molar-refractivity contribution in [3.05, 3.63) is 34.2 Å². The summed E-state index contributed by atoms with van der Waals surface area (Å²) < 4.78 is 0. The highest BCUT2D eigenvalue weighted by atomic mass is 35.5. The standard InChI is InChI=1S/C15H21N3O2.ClH/c19-13-11-12(1-6-17-13)14(20)18-9-4-15(5-10-18)2-7-16-8-3-15;/h1,6,11,16H,2-5,7-10H2,(H,17,19);1H. The maximum Gasteiger partial charge on any atom is 0.254 e. The van der Waals surface area contributed by atoms with Gasteiger partial charge in [-0.15, -0.1) is 12.4 Å². The van der Waals surface area contributed by atoms with Gasteiger partial charge in [-0.3, -0.25) is 9.59 Å². The van der Waals surface area contributed by atoms with Gasteiger partial charge in [-0.1, -0.05) is 0 Å². The largest absolute Gasteiger partial charge is 0.339 e. The molecule has 2 N–H and O–H groups in total. The van der Waals surface area contributed by atoms with E-state index in [0.717, 1.165) is 39.0 Å². The number of nitrogens with zero attached hydrogens (tertiary/aromatic N) is 1. The van der Waals surface area contributed by atoms with Crippen LogP contribution in [-0.4, -0.2) is 42.0 Å². The average Bonchev–Trinajstić information content (AvgIpc) is 2.48. The van der Waals surface area contributed by atoms with Gasteiger partial charge < -0.3 is 15.2 Å². The first-order chi connectivity index (χ1) is 9.69. The van der Waals surface area contributed by atoms with Crippen LogP contribution in [0.1, 0.15) is 36.0 Å². The lowest BCUT2D eigenvalue weighted by molar-refractivity contribution is 0.0495. The number of piperidine rings is 2. The van der Waals surface area contributed by atoms with Crippen molar-refractivity contribution in [2.75, 3.05) is 26.2 Å². The first-order valence-electron chi connectivity index (χ1n) is 7.37. The number of carbonyl (C=O) groups excluding carboxylic acids is 1. The zero-order valence-corrected chi connectivity index (χ0v) is 12.9. The fraction of sp³-hybridized carbons (Fsp3) is 0.600. The Balaban J connectivity index is 0.00000161. The first-order valence-corrected chi connectivity index (χ1v) is 7.37. The molecular weight excluding hydrogens is 290 g/mol. The molecule has 0 atom stereocenters. The fourth-order valence-electron chi connectivity index (χ4n) is 3.40. The minimum absolute atomic E-state index is 0. The summed E-state index contributed by atoms with van der Waals surface area (Å²) in [5.41, 5.74) is 0.716. The number of hydrogen-bond donors (Lipinski definition) is 2. The molecule has 1 aromatic heterocycles. The lowest BCUT2D eigenvalue weighted by Crippen LogP contribution is -2.47. The number of halogens is 1. The van der Waals surface area contributed by atoms with Crippen LogP contribution in [0.15, 0.2) is 23.1 Å². The van der Waals surface area contributed by atoms with Gasteiger partial charge in [-0.2, -0.15) is 0 Å². The Morgan fingerprint density at radius 3 is 2.43 bits per heavy atom. The van der Waals surface area contributed by atoms with Crippen LogP contribution in [0.5, 0.6) is 0 Å². The number of carbonyl (C=O) groups is 1. The SMILES string of the molecule is Cl.O=C(c1cc[nH]c(=O)c1)N1CCC2(CCNCC2)CC1. The van der Waals surface area contributed by atoms with E-state index in [1.54, 1.807) is 6.07 Å². The van der Waals surface area contributed by atoms with Crippen molar-refractivity contribution in [2.45, 2.75) is 25.7 Å². The highest BCUT2D eigenvalue weighted by Gasteiger charge is 2.36. The van der Waals surface area contributed by atoms with Crippen molar-refractivity contribution in [1.29, 1.82) is 0 Å². The Morgan fingerprint density at radius 2 is 1.81 bits per heavy atom. The zero-order chi connectivity index (χ0) is 14.0. The van der Waals surface area contributed by atoms with Gasteiger partial charge in [-0.05, 0) is 50.3 Å². The van der Waals surface area contributed by atoms with E-state index in [1.165, 1.54) is 25.1 Å². The monoisotopic (exact) mass is 311 g/mol. The first kappa shape index (κ1) is 16.0. The van der Waals surface area contributed by atoms with Crippen LogP contribution < -0.4 is 10.9 Å². The molecule has 2 saturated heterocycles. The van der Waals surface area contributed by atoms with Gasteiger partial charge >= 0.3 is 0 Å². The Hall–Kier alpha value is -1.33. The summed E-state index contributed by atoms with van der Waals surface area (Å²) in [5, 5.41) is 3.40. The van der Waals surface area contributed by atoms with Gasteiger partial charge in [0.25, 0.3) is 5.91 Å². The summed E-state index contributed by atoms with van der Waals surface area (Å²) in [4.78, 5) is 28.1. The van der Waals surface area contributed by atoms with Crippen molar-refractivity contribution in [1.82, 2.24) is 15.2 Å². The zero-order valence-electron chi connectivity index (χ0n) is 12.1. The third-order valence-electron chi connectivity index (χ3n) is 4.80. The van der Waals surface area contributed by atoms with Crippen molar-refractivity contribution >= 4 is 18.3 Å². The second-order valence-corrected chi connectivity index (χ2v) is 5.98. The second-order valence-electron chi connectivity index (χ2n) is 5.98. The topological polar surface area (TPSA) is 65.2 Å². The van der Waals surface area contributed by atoms with Crippen LogP contribution in [-0.2, 0) is 0 Å². The molecule has 116 valence electrons. The normalized spacial score (nSPS) is 20.9. The lowest BCUT2D eigenvalue weighted by atomic mass is 9.71. The highest BCUT2D eigenvalue weighted by molar-refractivity contribution is 5.94. The number of H-pyrrole nitrogens is 1. The number of pyridine rings is 1. The van der Waals surface area contributed by atoms with E-state index in [4.69, 9.17) is 0 Å². The molecule has 5 nitrogen and oxygen atoms in total.